The van der Waals surface area contributed by atoms with Gasteiger partial charge in [-0.05, 0) is 31.5 Å². The summed E-state index contributed by atoms with van der Waals surface area (Å²) in [6.45, 7) is 3.32. The van der Waals surface area contributed by atoms with E-state index in [2.05, 4.69) is 0 Å². The van der Waals surface area contributed by atoms with E-state index >= 15 is 0 Å². The Morgan fingerprint density at radius 1 is 1.41 bits per heavy atom. The lowest BCUT2D eigenvalue weighted by Crippen LogP contribution is -2.13. The molecule has 0 saturated heterocycles. The Hall–Kier alpha value is -1.60. The summed E-state index contributed by atoms with van der Waals surface area (Å²) in [5.74, 6) is 0. The van der Waals surface area contributed by atoms with Gasteiger partial charge in [0.1, 0.15) is 0 Å². The minimum Gasteiger partial charge on any atom is -0.223 e. The third-order valence-electron chi connectivity index (χ3n) is 2.33. The van der Waals surface area contributed by atoms with Crippen molar-refractivity contribution in [1.29, 1.82) is 5.26 Å². The maximum Gasteiger partial charge on any atom is 0.180 e. The van der Waals surface area contributed by atoms with Crippen LogP contribution in [0.2, 0.25) is 0 Å². The topological polar surface area (TPSA) is 57.9 Å². The highest BCUT2D eigenvalue weighted by Gasteiger charge is 2.18. The fraction of sp³-hybridized carbons (Fsp3) is 0.308. The number of nitriles is 1. The van der Waals surface area contributed by atoms with Crippen LogP contribution in [0.25, 0.3) is 6.08 Å². The first-order valence-corrected chi connectivity index (χ1v) is 6.90. The molecule has 1 aromatic rings. The Morgan fingerprint density at radius 3 is 2.71 bits per heavy atom. The molecule has 3 nitrogen and oxygen atoms in total. The minimum absolute atomic E-state index is 0.321. The minimum atomic E-state index is -3.23. The fourth-order valence-corrected chi connectivity index (χ4v) is 2.43. The van der Waals surface area contributed by atoms with Gasteiger partial charge in [-0.3, -0.25) is 0 Å². The molecule has 0 aliphatic carbocycles. The third-order valence-corrected chi connectivity index (χ3v) is 4.48. The van der Waals surface area contributed by atoms with E-state index < -0.39 is 15.1 Å². The molecule has 0 fully saturated rings. The molecule has 0 radical (unpaired) electrons. The van der Waals surface area contributed by atoms with Crippen LogP contribution in [0, 0.1) is 11.3 Å². The van der Waals surface area contributed by atoms with Gasteiger partial charge in [-0.15, -0.1) is 0 Å². The molecule has 17 heavy (non-hydrogen) atoms. The van der Waals surface area contributed by atoms with Crippen molar-refractivity contribution in [1.82, 2.24) is 0 Å². The molecule has 0 atom stereocenters. The van der Waals surface area contributed by atoms with Gasteiger partial charge in [0.15, 0.2) is 9.84 Å². The van der Waals surface area contributed by atoms with Crippen LogP contribution in [0.4, 0.5) is 0 Å². The summed E-state index contributed by atoms with van der Waals surface area (Å²) in [5, 5.41) is 7.97. The van der Waals surface area contributed by atoms with E-state index in [-0.39, 0.29) is 0 Å². The molecule has 0 N–H and O–H groups in total. The number of hydrogen-bond donors (Lipinski definition) is 0. The van der Waals surface area contributed by atoms with Crippen molar-refractivity contribution in [2.24, 2.45) is 0 Å². The first kappa shape index (κ1) is 13.5. The van der Waals surface area contributed by atoms with Crippen LogP contribution in [0.3, 0.4) is 0 Å². The predicted molar refractivity (Wildman–Crippen MR) is 68.0 cm³/mol. The summed E-state index contributed by atoms with van der Waals surface area (Å²) in [7, 11) is -3.23. The molecule has 90 valence electrons. The van der Waals surface area contributed by atoms with Gasteiger partial charge in [-0.1, -0.05) is 24.3 Å². The van der Waals surface area contributed by atoms with Crippen LogP contribution in [-0.4, -0.2) is 13.7 Å². The van der Waals surface area contributed by atoms with Crippen molar-refractivity contribution in [3.63, 3.8) is 0 Å². The Bertz CT molecular complexity index is 551. The van der Waals surface area contributed by atoms with Gasteiger partial charge in [0.25, 0.3) is 0 Å². The summed E-state index contributed by atoms with van der Waals surface area (Å²) < 4.78 is 23.9. The van der Waals surface area contributed by atoms with Crippen LogP contribution < -0.4 is 0 Å². The second kappa shape index (κ2) is 5.65. The zero-order valence-electron chi connectivity index (χ0n) is 9.92. The molecular formula is C13H15NO2S. The van der Waals surface area contributed by atoms with Crippen LogP contribution >= 0.6 is 0 Å². The maximum atomic E-state index is 11.9. The highest BCUT2D eigenvalue weighted by molar-refractivity contribution is 7.92. The number of benzene rings is 1. The molecule has 0 aliphatic heterocycles. The summed E-state index contributed by atoms with van der Waals surface area (Å²) >= 11 is 0. The lowest BCUT2D eigenvalue weighted by Gasteiger charge is -2.08. The first-order chi connectivity index (χ1) is 7.98. The predicted octanol–water partition coefficient (Wildman–Crippen LogP) is 2.80. The molecule has 4 heteroatoms. The normalized spacial score (nSPS) is 11.9. The van der Waals surface area contributed by atoms with Gasteiger partial charge in [0.05, 0.1) is 22.6 Å². The Morgan fingerprint density at radius 2 is 2.12 bits per heavy atom. The molecule has 0 bridgehead atoms. The summed E-state index contributed by atoms with van der Waals surface area (Å²) in [6, 6.07) is 8.74. The quantitative estimate of drug-likeness (QED) is 0.824. The average Bonchev–Trinajstić information content (AvgIpc) is 2.29. The smallest absolute Gasteiger partial charge is 0.180 e. The van der Waals surface area contributed by atoms with Crippen LogP contribution in [0.1, 0.15) is 25.8 Å². The van der Waals surface area contributed by atoms with Gasteiger partial charge in [0, 0.05) is 0 Å². The number of rotatable bonds is 4. The molecule has 0 aliphatic rings. The van der Waals surface area contributed by atoms with E-state index in [4.69, 9.17) is 5.26 Å². The van der Waals surface area contributed by atoms with Crippen molar-refractivity contribution in [3.05, 3.63) is 35.9 Å². The monoisotopic (exact) mass is 249 g/mol. The van der Waals surface area contributed by atoms with Gasteiger partial charge in [-0.2, -0.15) is 5.26 Å². The van der Waals surface area contributed by atoms with Gasteiger partial charge >= 0.3 is 0 Å². The lowest BCUT2D eigenvalue weighted by molar-refractivity contribution is 0.587. The van der Waals surface area contributed by atoms with Crippen molar-refractivity contribution >= 4 is 15.9 Å². The molecule has 0 saturated carbocycles. The van der Waals surface area contributed by atoms with E-state index in [1.807, 2.05) is 12.1 Å². The zero-order valence-corrected chi connectivity index (χ0v) is 10.7. The van der Waals surface area contributed by atoms with Crippen LogP contribution in [-0.2, 0) is 9.84 Å². The molecule has 0 unspecified atom stereocenters. The second-order valence-corrected chi connectivity index (χ2v) is 6.44. The van der Waals surface area contributed by atoms with Crippen molar-refractivity contribution in [2.45, 2.75) is 30.4 Å². The molecule has 0 aromatic heterocycles. The lowest BCUT2D eigenvalue weighted by atomic mass is 10.2. The van der Waals surface area contributed by atoms with E-state index in [1.54, 1.807) is 44.2 Å². The van der Waals surface area contributed by atoms with Crippen molar-refractivity contribution < 1.29 is 8.42 Å². The van der Waals surface area contributed by atoms with Crippen LogP contribution in [0.15, 0.2) is 35.2 Å². The van der Waals surface area contributed by atoms with Crippen molar-refractivity contribution in [2.75, 3.05) is 0 Å². The van der Waals surface area contributed by atoms with E-state index in [0.717, 1.165) is 5.56 Å². The van der Waals surface area contributed by atoms with Crippen molar-refractivity contribution in [3.8, 4) is 6.07 Å². The summed E-state index contributed by atoms with van der Waals surface area (Å²) in [6.07, 6.45) is 3.78. The highest BCUT2D eigenvalue weighted by atomic mass is 32.2. The Balaban J connectivity index is 3.07. The van der Waals surface area contributed by atoms with Gasteiger partial charge < -0.3 is 0 Å². The van der Waals surface area contributed by atoms with E-state index in [9.17, 15) is 8.42 Å². The molecule has 0 spiro atoms. The number of sulfone groups is 1. The summed E-state index contributed by atoms with van der Waals surface area (Å²) in [5.41, 5.74) is 0.793. The fourth-order valence-electron chi connectivity index (χ4n) is 1.32. The zero-order chi connectivity index (χ0) is 12.9. The number of allylic oxidation sites excluding steroid dienone is 1. The molecule has 1 rings (SSSR count). The van der Waals surface area contributed by atoms with E-state index in [0.29, 0.717) is 11.3 Å². The van der Waals surface area contributed by atoms with Crippen LogP contribution in [0.5, 0.6) is 0 Å². The largest absolute Gasteiger partial charge is 0.223 e. The summed E-state index contributed by atoms with van der Waals surface area (Å²) in [4.78, 5) is 0.326. The average molecular weight is 249 g/mol. The molecule has 0 amide bonds. The molecule has 1 aromatic carbocycles. The van der Waals surface area contributed by atoms with Gasteiger partial charge in [0.2, 0.25) is 0 Å². The SMILES string of the molecule is CC(C)S(=O)(=O)c1cccc(C=CCC#N)c1. The standard InChI is InChI=1S/C13H15NO2S/c1-11(2)17(15,16)13-8-5-7-12(10-13)6-3-4-9-14/h3,5-8,10-11H,4H2,1-2H3. The Labute approximate surface area is 102 Å². The third kappa shape index (κ3) is 3.43. The second-order valence-electron chi connectivity index (χ2n) is 3.93. The molecular weight excluding hydrogens is 234 g/mol. The first-order valence-electron chi connectivity index (χ1n) is 5.36. The van der Waals surface area contributed by atoms with E-state index in [1.165, 1.54) is 0 Å². The Kier molecular flexibility index (Phi) is 4.47. The maximum absolute atomic E-state index is 11.9. The number of nitrogens with zero attached hydrogens (tertiary/aromatic N) is 1. The molecule has 0 heterocycles. The highest BCUT2D eigenvalue weighted by Crippen LogP contribution is 2.17. The van der Waals surface area contributed by atoms with Gasteiger partial charge in [-0.25, -0.2) is 8.42 Å². The number of hydrogen-bond acceptors (Lipinski definition) is 3.